The van der Waals surface area contributed by atoms with Crippen molar-refractivity contribution in [1.29, 1.82) is 0 Å². The molecule has 1 aliphatic rings. The molecule has 1 aromatic heterocycles. The van der Waals surface area contributed by atoms with Crippen LogP contribution >= 0.6 is 11.6 Å². The summed E-state index contributed by atoms with van der Waals surface area (Å²) in [6, 6.07) is 11.1. The molecule has 190 valence electrons. The van der Waals surface area contributed by atoms with E-state index in [4.69, 9.17) is 16.3 Å². The van der Waals surface area contributed by atoms with Crippen LogP contribution < -0.4 is 9.62 Å². The molecule has 12 heteroatoms. The summed E-state index contributed by atoms with van der Waals surface area (Å²) in [7, 11) is -4.34. The number of carbonyl (C=O) groups is 1. The lowest BCUT2D eigenvalue weighted by Crippen LogP contribution is -2.36. The second kappa shape index (κ2) is 10.0. The second-order valence-corrected chi connectivity index (χ2v) is 10.3. The molecular formula is C25H19ClF2N4O4S. The number of ketones is 1. The molecule has 5 rings (SSSR count). The van der Waals surface area contributed by atoms with Crippen molar-refractivity contribution < 1.29 is 26.7 Å². The van der Waals surface area contributed by atoms with Crippen LogP contribution in [0.4, 0.5) is 20.3 Å². The van der Waals surface area contributed by atoms with E-state index < -0.39 is 43.6 Å². The van der Waals surface area contributed by atoms with Crippen LogP contribution in [0.3, 0.4) is 0 Å². The van der Waals surface area contributed by atoms with Gasteiger partial charge in [0.1, 0.15) is 11.6 Å². The molecular weight excluding hydrogens is 526 g/mol. The van der Waals surface area contributed by atoms with Crippen LogP contribution in [0.5, 0.6) is 0 Å². The van der Waals surface area contributed by atoms with E-state index in [1.165, 1.54) is 24.3 Å². The lowest BCUT2D eigenvalue weighted by atomic mass is 10.0. The smallest absolute Gasteiger partial charge is 0.262 e. The van der Waals surface area contributed by atoms with E-state index in [-0.39, 0.29) is 10.6 Å². The SMILES string of the molecule is O=C(c1ccc2ncc(N3CCOCC3)nc2c1)c1c(Cl)ccc(NS(=O)(=O)c2cccc(F)c2)c1F. The Bertz CT molecular complexity index is 1630. The van der Waals surface area contributed by atoms with Crippen molar-refractivity contribution in [3.05, 3.63) is 88.6 Å². The van der Waals surface area contributed by atoms with Crippen LogP contribution in [-0.4, -0.2) is 50.5 Å². The lowest BCUT2D eigenvalue weighted by Gasteiger charge is -2.27. The summed E-state index contributed by atoms with van der Waals surface area (Å²) in [6.07, 6.45) is 1.64. The standard InChI is InChI=1S/C25H19ClF2N4O4S/c26-18-5-7-20(31-37(34,35)17-3-1-2-16(27)13-17)24(28)23(18)25(33)15-4-6-19-21(12-15)30-22(14-29-19)32-8-10-36-11-9-32/h1-7,12-14,31H,8-11H2. The molecule has 1 fully saturated rings. The van der Waals surface area contributed by atoms with Crippen LogP contribution in [0.15, 0.2) is 65.7 Å². The van der Waals surface area contributed by atoms with Crippen molar-refractivity contribution in [2.45, 2.75) is 4.90 Å². The Morgan fingerprint density at radius 3 is 2.57 bits per heavy atom. The highest BCUT2D eigenvalue weighted by Gasteiger charge is 2.24. The number of aromatic nitrogens is 2. The summed E-state index contributed by atoms with van der Waals surface area (Å²) in [5.74, 6) is -2.08. The van der Waals surface area contributed by atoms with Gasteiger partial charge in [0.05, 0.1) is 51.6 Å². The van der Waals surface area contributed by atoms with Crippen molar-refractivity contribution in [2.24, 2.45) is 0 Å². The van der Waals surface area contributed by atoms with Gasteiger partial charge >= 0.3 is 0 Å². The molecule has 1 saturated heterocycles. The number of anilines is 2. The first-order chi connectivity index (χ1) is 17.7. The monoisotopic (exact) mass is 544 g/mol. The Morgan fingerprint density at radius 1 is 1.03 bits per heavy atom. The number of hydrogen-bond donors (Lipinski definition) is 1. The zero-order chi connectivity index (χ0) is 26.2. The molecule has 4 aromatic rings. The third-order valence-electron chi connectivity index (χ3n) is 5.80. The van der Waals surface area contributed by atoms with E-state index in [1.54, 1.807) is 12.3 Å². The zero-order valence-electron chi connectivity index (χ0n) is 19.1. The maximum Gasteiger partial charge on any atom is 0.262 e. The van der Waals surface area contributed by atoms with Gasteiger partial charge in [-0.1, -0.05) is 17.7 Å². The van der Waals surface area contributed by atoms with Gasteiger partial charge in [-0.2, -0.15) is 0 Å². The third kappa shape index (κ3) is 5.10. The van der Waals surface area contributed by atoms with Gasteiger partial charge in [-0.15, -0.1) is 0 Å². The van der Waals surface area contributed by atoms with Gasteiger partial charge in [0.2, 0.25) is 0 Å². The largest absolute Gasteiger partial charge is 0.378 e. The first kappa shape index (κ1) is 25.0. The third-order valence-corrected chi connectivity index (χ3v) is 7.47. The minimum atomic E-state index is -4.34. The van der Waals surface area contributed by atoms with Gasteiger partial charge in [0.15, 0.2) is 11.6 Å². The quantitative estimate of drug-likeness (QED) is 0.358. The molecule has 0 amide bonds. The normalized spacial score (nSPS) is 14.1. The van der Waals surface area contributed by atoms with E-state index >= 15 is 4.39 Å². The fraction of sp³-hybridized carbons (Fsp3) is 0.160. The van der Waals surface area contributed by atoms with Crippen LogP contribution in [0.2, 0.25) is 5.02 Å². The molecule has 3 aromatic carbocycles. The summed E-state index contributed by atoms with van der Waals surface area (Å²) in [5, 5.41) is -0.204. The summed E-state index contributed by atoms with van der Waals surface area (Å²) in [4.78, 5) is 23.9. The molecule has 0 aliphatic carbocycles. The minimum absolute atomic E-state index is 0.0897. The summed E-state index contributed by atoms with van der Waals surface area (Å²) in [5.41, 5.74) is 0.0304. The molecule has 0 bridgehead atoms. The lowest BCUT2D eigenvalue weighted by molar-refractivity contribution is 0.103. The maximum absolute atomic E-state index is 15.5. The summed E-state index contributed by atoms with van der Waals surface area (Å²) < 4.78 is 61.7. The fourth-order valence-corrected chi connectivity index (χ4v) is 5.23. The predicted molar refractivity (Wildman–Crippen MR) is 135 cm³/mol. The highest BCUT2D eigenvalue weighted by atomic mass is 35.5. The first-order valence-corrected chi connectivity index (χ1v) is 13.0. The van der Waals surface area contributed by atoms with Gasteiger partial charge in [-0.3, -0.25) is 14.5 Å². The number of benzene rings is 3. The van der Waals surface area contributed by atoms with E-state index in [9.17, 15) is 17.6 Å². The predicted octanol–water partition coefficient (Wildman–Crippen LogP) is 4.43. The number of morpholine rings is 1. The van der Waals surface area contributed by atoms with Crippen LogP contribution in [0.1, 0.15) is 15.9 Å². The number of halogens is 3. The number of fused-ring (bicyclic) bond motifs is 1. The summed E-state index contributed by atoms with van der Waals surface area (Å²) >= 11 is 6.17. The Kier molecular flexibility index (Phi) is 6.76. The van der Waals surface area contributed by atoms with Crippen LogP contribution in [0, 0.1) is 11.6 Å². The van der Waals surface area contributed by atoms with Crippen molar-refractivity contribution >= 4 is 49.9 Å². The number of hydrogen-bond acceptors (Lipinski definition) is 7. The molecule has 1 aliphatic heterocycles. The van der Waals surface area contributed by atoms with Gasteiger partial charge in [0.25, 0.3) is 10.0 Å². The fourth-order valence-electron chi connectivity index (χ4n) is 3.91. The molecule has 1 N–H and O–H groups in total. The van der Waals surface area contributed by atoms with Gasteiger partial charge in [-0.25, -0.2) is 22.2 Å². The molecule has 0 unspecified atom stereocenters. The van der Waals surface area contributed by atoms with Gasteiger partial charge < -0.3 is 9.64 Å². The van der Waals surface area contributed by atoms with Crippen molar-refractivity contribution in [2.75, 3.05) is 35.9 Å². The summed E-state index contributed by atoms with van der Waals surface area (Å²) in [6.45, 7) is 2.43. The van der Waals surface area contributed by atoms with Crippen LogP contribution in [0.25, 0.3) is 11.0 Å². The number of sulfonamides is 1. The van der Waals surface area contributed by atoms with E-state index in [0.717, 1.165) is 24.3 Å². The van der Waals surface area contributed by atoms with Crippen molar-refractivity contribution in [3.8, 4) is 0 Å². The average molecular weight is 545 g/mol. The van der Waals surface area contributed by atoms with E-state index in [1.807, 2.05) is 4.90 Å². The highest BCUT2D eigenvalue weighted by molar-refractivity contribution is 7.92. The van der Waals surface area contributed by atoms with Crippen molar-refractivity contribution in [1.82, 2.24) is 9.97 Å². The zero-order valence-corrected chi connectivity index (χ0v) is 20.7. The maximum atomic E-state index is 15.5. The van der Waals surface area contributed by atoms with Gasteiger partial charge in [-0.05, 0) is 48.5 Å². The number of ether oxygens (including phenoxy) is 1. The van der Waals surface area contributed by atoms with Crippen LogP contribution in [-0.2, 0) is 14.8 Å². The number of nitrogens with one attached hydrogen (secondary N) is 1. The van der Waals surface area contributed by atoms with E-state index in [0.29, 0.717) is 43.2 Å². The molecule has 0 radical (unpaired) electrons. The second-order valence-electron chi connectivity index (χ2n) is 8.21. The topological polar surface area (TPSA) is 101 Å². The molecule has 0 atom stereocenters. The number of rotatable bonds is 6. The number of nitrogens with zero attached hydrogens (tertiary/aromatic N) is 3. The molecule has 0 saturated carbocycles. The van der Waals surface area contributed by atoms with E-state index in [2.05, 4.69) is 14.7 Å². The molecule has 0 spiro atoms. The first-order valence-electron chi connectivity index (χ1n) is 11.1. The highest BCUT2D eigenvalue weighted by Crippen LogP contribution is 2.30. The van der Waals surface area contributed by atoms with Crippen molar-refractivity contribution in [3.63, 3.8) is 0 Å². The van der Waals surface area contributed by atoms with Gasteiger partial charge in [0, 0.05) is 18.7 Å². The minimum Gasteiger partial charge on any atom is -0.378 e. The molecule has 8 nitrogen and oxygen atoms in total. The average Bonchev–Trinajstić information content (AvgIpc) is 2.90. The molecule has 2 heterocycles. The Hall–Kier alpha value is -3.67. The number of carbonyl (C=O) groups excluding carboxylic acids is 1. The molecule has 37 heavy (non-hydrogen) atoms. The Morgan fingerprint density at radius 2 is 1.81 bits per heavy atom. The Labute approximate surface area is 215 Å². The Balaban J connectivity index is 1.48.